The summed E-state index contributed by atoms with van der Waals surface area (Å²) in [7, 11) is 4.72. The first-order chi connectivity index (χ1) is 13.1. The van der Waals surface area contributed by atoms with Crippen LogP contribution in [0.3, 0.4) is 0 Å². The predicted octanol–water partition coefficient (Wildman–Crippen LogP) is 3.69. The molecule has 27 heavy (non-hydrogen) atoms. The van der Waals surface area contributed by atoms with Crippen molar-refractivity contribution in [1.29, 1.82) is 0 Å². The molecule has 0 saturated carbocycles. The second-order valence-electron chi connectivity index (χ2n) is 5.60. The number of methoxy groups -OCH3 is 3. The summed E-state index contributed by atoms with van der Waals surface area (Å²) in [5.41, 5.74) is 1.63. The van der Waals surface area contributed by atoms with Crippen molar-refractivity contribution in [3.8, 4) is 17.2 Å². The van der Waals surface area contributed by atoms with Gasteiger partial charge in [0.2, 0.25) is 11.7 Å². The second-order valence-corrected chi connectivity index (χ2v) is 5.60. The summed E-state index contributed by atoms with van der Waals surface area (Å²) in [5, 5.41) is 6.35. The first kappa shape index (κ1) is 18.2. The van der Waals surface area contributed by atoms with Crippen LogP contribution in [0.1, 0.15) is 5.56 Å². The second kappa shape index (κ2) is 8.22. The van der Waals surface area contributed by atoms with Gasteiger partial charge in [-0.05, 0) is 19.1 Å². The fourth-order valence-corrected chi connectivity index (χ4v) is 2.47. The SMILES string of the molecule is COc1cc(Nc2nc(Nc3ccccn3)ncc2C)cc(OC)c1OC. The zero-order chi connectivity index (χ0) is 19.2. The van der Waals surface area contributed by atoms with E-state index >= 15 is 0 Å². The average molecular weight is 367 g/mol. The third kappa shape index (κ3) is 4.17. The van der Waals surface area contributed by atoms with Gasteiger partial charge in [0, 0.05) is 35.8 Å². The highest BCUT2D eigenvalue weighted by Gasteiger charge is 2.14. The minimum atomic E-state index is 0.439. The fourth-order valence-electron chi connectivity index (χ4n) is 2.47. The molecule has 0 bridgehead atoms. The number of hydrogen-bond acceptors (Lipinski definition) is 8. The van der Waals surface area contributed by atoms with E-state index < -0.39 is 0 Å². The maximum Gasteiger partial charge on any atom is 0.230 e. The summed E-state index contributed by atoms with van der Waals surface area (Å²) in [6, 6.07) is 9.20. The Balaban J connectivity index is 1.90. The summed E-state index contributed by atoms with van der Waals surface area (Å²) < 4.78 is 16.1. The molecule has 3 aromatic rings. The van der Waals surface area contributed by atoms with E-state index in [0.717, 1.165) is 11.3 Å². The van der Waals surface area contributed by atoms with E-state index in [-0.39, 0.29) is 0 Å². The minimum Gasteiger partial charge on any atom is -0.493 e. The minimum absolute atomic E-state index is 0.439. The van der Waals surface area contributed by atoms with Crippen LogP contribution in [-0.4, -0.2) is 36.3 Å². The molecular formula is C19H21N5O3. The van der Waals surface area contributed by atoms with Crippen LogP contribution >= 0.6 is 0 Å². The highest BCUT2D eigenvalue weighted by molar-refractivity contribution is 5.68. The molecule has 0 aliphatic heterocycles. The number of aromatic nitrogens is 3. The maximum absolute atomic E-state index is 5.39. The van der Waals surface area contributed by atoms with Gasteiger partial charge in [-0.2, -0.15) is 4.98 Å². The van der Waals surface area contributed by atoms with E-state index in [0.29, 0.717) is 34.8 Å². The van der Waals surface area contributed by atoms with Crippen molar-refractivity contribution in [2.45, 2.75) is 6.92 Å². The molecule has 0 aliphatic carbocycles. The van der Waals surface area contributed by atoms with Crippen LogP contribution in [0.2, 0.25) is 0 Å². The topological polar surface area (TPSA) is 90.4 Å². The van der Waals surface area contributed by atoms with E-state index in [2.05, 4.69) is 25.6 Å². The van der Waals surface area contributed by atoms with Crippen LogP contribution in [0, 0.1) is 6.92 Å². The van der Waals surface area contributed by atoms with Crippen LogP contribution in [0.25, 0.3) is 0 Å². The van der Waals surface area contributed by atoms with Crippen molar-refractivity contribution in [1.82, 2.24) is 15.0 Å². The normalized spacial score (nSPS) is 10.2. The van der Waals surface area contributed by atoms with Gasteiger partial charge in [0.25, 0.3) is 0 Å². The number of hydrogen-bond donors (Lipinski definition) is 2. The standard InChI is InChI=1S/C19H21N5O3/c1-12-11-21-19(23-16-7-5-6-8-20-16)24-18(12)22-13-9-14(25-2)17(27-4)15(10-13)26-3/h5-11H,1-4H3,(H2,20,21,22,23,24). The molecule has 0 spiro atoms. The van der Waals surface area contributed by atoms with Gasteiger partial charge >= 0.3 is 0 Å². The first-order valence-electron chi connectivity index (χ1n) is 8.23. The number of ether oxygens (including phenoxy) is 3. The first-order valence-corrected chi connectivity index (χ1v) is 8.23. The van der Waals surface area contributed by atoms with E-state index in [1.54, 1.807) is 33.7 Å². The number of pyridine rings is 1. The number of anilines is 4. The number of rotatable bonds is 7. The summed E-state index contributed by atoms with van der Waals surface area (Å²) in [6.07, 6.45) is 3.43. The Morgan fingerprint density at radius 3 is 2.22 bits per heavy atom. The van der Waals surface area contributed by atoms with Crippen molar-refractivity contribution in [2.24, 2.45) is 0 Å². The molecule has 2 heterocycles. The molecular weight excluding hydrogens is 346 g/mol. The van der Waals surface area contributed by atoms with Crippen molar-refractivity contribution in [3.63, 3.8) is 0 Å². The number of benzene rings is 1. The zero-order valence-corrected chi connectivity index (χ0v) is 15.6. The average Bonchev–Trinajstić information content (AvgIpc) is 2.70. The van der Waals surface area contributed by atoms with Crippen molar-refractivity contribution in [3.05, 3.63) is 48.3 Å². The van der Waals surface area contributed by atoms with Crippen LogP contribution in [0.4, 0.5) is 23.3 Å². The molecule has 0 aliphatic rings. The Morgan fingerprint density at radius 2 is 1.63 bits per heavy atom. The number of nitrogens with zero attached hydrogens (tertiary/aromatic N) is 3. The van der Waals surface area contributed by atoms with Gasteiger partial charge in [-0.1, -0.05) is 6.07 Å². The van der Waals surface area contributed by atoms with Gasteiger partial charge in [0.1, 0.15) is 11.6 Å². The van der Waals surface area contributed by atoms with Crippen LogP contribution in [0.5, 0.6) is 17.2 Å². The predicted molar refractivity (Wildman–Crippen MR) is 104 cm³/mol. The van der Waals surface area contributed by atoms with Gasteiger partial charge in [0.15, 0.2) is 11.5 Å². The number of aryl methyl sites for hydroxylation is 1. The highest BCUT2D eigenvalue weighted by Crippen LogP contribution is 2.40. The fraction of sp³-hybridized carbons (Fsp3) is 0.211. The van der Waals surface area contributed by atoms with E-state index in [9.17, 15) is 0 Å². The van der Waals surface area contributed by atoms with Crippen molar-refractivity contribution >= 4 is 23.3 Å². The molecule has 140 valence electrons. The summed E-state index contributed by atoms with van der Waals surface area (Å²) in [5.74, 6) is 3.39. The van der Waals surface area contributed by atoms with Gasteiger partial charge in [-0.25, -0.2) is 9.97 Å². The lowest BCUT2D eigenvalue weighted by Crippen LogP contribution is -2.04. The van der Waals surface area contributed by atoms with Crippen LogP contribution in [-0.2, 0) is 0 Å². The molecule has 0 atom stereocenters. The van der Waals surface area contributed by atoms with Crippen LogP contribution in [0.15, 0.2) is 42.7 Å². The summed E-state index contributed by atoms with van der Waals surface area (Å²) >= 11 is 0. The summed E-state index contributed by atoms with van der Waals surface area (Å²) in [4.78, 5) is 13.0. The van der Waals surface area contributed by atoms with Gasteiger partial charge in [-0.3, -0.25) is 0 Å². The van der Waals surface area contributed by atoms with Gasteiger partial charge in [0.05, 0.1) is 21.3 Å². The Hall–Kier alpha value is -3.55. The largest absolute Gasteiger partial charge is 0.493 e. The number of nitrogens with one attached hydrogen (secondary N) is 2. The third-order valence-corrected chi connectivity index (χ3v) is 3.80. The molecule has 1 aromatic carbocycles. The maximum atomic E-state index is 5.39. The Bertz CT molecular complexity index is 893. The van der Waals surface area contributed by atoms with Crippen molar-refractivity contribution in [2.75, 3.05) is 32.0 Å². The molecule has 0 fully saturated rings. The Morgan fingerprint density at radius 1 is 0.889 bits per heavy atom. The molecule has 3 rings (SSSR count). The molecule has 8 nitrogen and oxygen atoms in total. The lowest BCUT2D eigenvalue weighted by Gasteiger charge is -2.16. The molecule has 0 amide bonds. The highest BCUT2D eigenvalue weighted by atomic mass is 16.5. The molecule has 0 unspecified atom stereocenters. The molecule has 0 saturated heterocycles. The molecule has 2 aromatic heterocycles. The molecule has 2 N–H and O–H groups in total. The Labute approximate surface area is 157 Å². The van der Waals surface area contributed by atoms with E-state index in [1.165, 1.54) is 0 Å². The molecule has 0 radical (unpaired) electrons. The zero-order valence-electron chi connectivity index (χ0n) is 15.6. The van der Waals surface area contributed by atoms with Gasteiger partial charge < -0.3 is 24.8 Å². The third-order valence-electron chi connectivity index (χ3n) is 3.80. The van der Waals surface area contributed by atoms with Crippen molar-refractivity contribution < 1.29 is 14.2 Å². The smallest absolute Gasteiger partial charge is 0.230 e. The quantitative estimate of drug-likeness (QED) is 0.653. The van der Waals surface area contributed by atoms with E-state index in [1.807, 2.05) is 37.3 Å². The monoisotopic (exact) mass is 367 g/mol. The summed E-state index contributed by atoms with van der Waals surface area (Å²) in [6.45, 7) is 1.92. The Kier molecular flexibility index (Phi) is 5.55. The van der Waals surface area contributed by atoms with Gasteiger partial charge in [-0.15, -0.1) is 0 Å². The van der Waals surface area contributed by atoms with Crippen LogP contribution < -0.4 is 24.8 Å². The molecule has 8 heteroatoms. The van der Waals surface area contributed by atoms with E-state index in [4.69, 9.17) is 14.2 Å². The lowest BCUT2D eigenvalue weighted by molar-refractivity contribution is 0.324. The lowest BCUT2D eigenvalue weighted by atomic mass is 10.2.